The summed E-state index contributed by atoms with van der Waals surface area (Å²) in [5, 5.41) is 0. The van der Waals surface area contributed by atoms with Crippen molar-refractivity contribution in [3.63, 3.8) is 0 Å². The van der Waals surface area contributed by atoms with Gasteiger partial charge in [-0.25, -0.2) is 0 Å². The zero-order valence-electron chi connectivity index (χ0n) is 4.03. The fourth-order valence-corrected chi connectivity index (χ4v) is 0.411. The predicted molar refractivity (Wildman–Crippen MR) is 30.2 cm³/mol. The van der Waals surface area contributed by atoms with Gasteiger partial charge in [-0.2, -0.15) is 0 Å². The number of hydrogen-bond acceptors (Lipinski definition) is 4. The molecule has 0 aromatic carbocycles. The Morgan fingerprint density at radius 2 is 1.88 bits per heavy atom. The Morgan fingerprint density at radius 3 is 1.88 bits per heavy atom. The van der Waals surface area contributed by atoms with Crippen molar-refractivity contribution in [2.75, 3.05) is 0 Å². The quantitative estimate of drug-likeness (QED) is 0.344. The van der Waals surface area contributed by atoms with E-state index in [1.807, 2.05) is 0 Å². The van der Waals surface area contributed by atoms with E-state index >= 15 is 0 Å². The molecule has 0 amide bonds. The van der Waals surface area contributed by atoms with E-state index in [2.05, 4.69) is 6.58 Å². The van der Waals surface area contributed by atoms with Crippen molar-refractivity contribution in [2.24, 2.45) is 0 Å². The summed E-state index contributed by atoms with van der Waals surface area (Å²) < 4.78 is 0. The van der Waals surface area contributed by atoms with Crippen LogP contribution in [0.2, 0.25) is 0 Å². The Labute approximate surface area is 46.7 Å². The average molecular weight is 138 g/mol. The SMILES string of the molecule is C=CC(=O)[PH](O)(O)O. The number of carbonyl (C=O) groups excluding carboxylic acids is 1. The molecular formula is C3H7O4P. The van der Waals surface area contributed by atoms with Gasteiger partial charge < -0.3 is 0 Å². The van der Waals surface area contributed by atoms with E-state index < -0.39 is 13.5 Å². The van der Waals surface area contributed by atoms with Crippen molar-refractivity contribution < 1.29 is 19.5 Å². The van der Waals surface area contributed by atoms with Gasteiger partial charge in [0.2, 0.25) is 0 Å². The van der Waals surface area contributed by atoms with E-state index in [1.54, 1.807) is 0 Å². The van der Waals surface area contributed by atoms with E-state index in [4.69, 9.17) is 14.7 Å². The van der Waals surface area contributed by atoms with Crippen molar-refractivity contribution in [3.8, 4) is 0 Å². The summed E-state index contributed by atoms with van der Waals surface area (Å²) >= 11 is 0. The molecule has 0 aromatic rings. The second-order valence-electron chi connectivity index (χ2n) is 1.20. The van der Waals surface area contributed by atoms with Gasteiger partial charge in [0, 0.05) is 0 Å². The topological polar surface area (TPSA) is 77.8 Å². The molecule has 0 atom stereocenters. The van der Waals surface area contributed by atoms with E-state index in [0.717, 1.165) is 0 Å². The maximum absolute atomic E-state index is 10.0. The zero-order valence-corrected chi connectivity index (χ0v) is 5.03. The van der Waals surface area contributed by atoms with Crippen LogP contribution in [0.1, 0.15) is 0 Å². The Kier molecular flexibility index (Phi) is 2.25. The molecule has 48 valence electrons. The third-order valence-corrected chi connectivity index (χ3v) is 1.38. The molecule has 0 spiro atoms. The first-order valence-corrected chi connectivity index (χ1v) is 3.66. The average Bonchev–Trinajstić information content (AvgIpc) is 1.62. The number of allylic oxidation sites excluding steroid dienone is 1. The first-order chi connectivity index (χ1) is 3.48. The minimum atomic E-state index is -4.52. The Hall–Kier alpha value is -0.280. The second kappa shape index (κ2) is 2.33. The van der Waals surface area contributed by atoms with E-state index in [-0.39, 0.29) is 0 Å². The molecule has 4 nitrogen and oxygen atoms in total. The third-order valence-electron chi connectivity index (χ3n) is 0.516. The molecule has 0 rings (SSSR count). The summed E-state index contributed by atoms with van der Waals surface area (Å²) in [6, 6.07) is 0. The van der Waals surface area contributed by atoms with Crippen LogP contribution in [-0.4, -0.2) is 20.2 Å². The molecule has 0 heterocycles. The van der Waals surface area contributed by atoms with E-state index in [0.29, 0.717) is 6.08 Å². The van der Waals surface area contributed by atoms with Crippen LogP contribution in [-0.2, 0) is 4.79 Å². The summed E-state index contributed by atoms with van der Waals surface area (Å²) in [4.78, 5) is 34.4. The van der Waals surface area contributed by atoms with Crippen molar-refractivity contribution in [3.05, 3.63) is 12.7 Å². The molecule has 0 aliphatic carbocycles. The molecule has 0 fully saturated rings. The van der Waals surface area contributed by atoms with Crippen LogP contribution in [0.25, 0.3) is 0 Å². The van der Waals surface area contributed by atoms with Gasteiger partial charge in [-0.15, -0.1) is 0 Å². The number of carbonyl (C=O) groups is 1. The van der Waals surface area contributed by atoms with Gasteiger partial charge in [0.25, 0.3) is 0 Å². The molecule has 0 saturated heterocycles. The van der Waals surface area contributed by atoms with Crippen LogP contribution in [0.4, 0.5) is 0 Å². The fourth-order valence-electron chi connectivity index (χ4n) is 0.137. The monoisotopic (exact) mass is 138 g/mol. The van der Waals surface area contributed by atoms with Gasteiger partial charge in [-0.1, -0.05) is 0 Å². The van der Waals surface area contributed by atoms with Gasteiger partial charge >= 0.3 is 45.6 Å². The molecule has 0 aliphatic heterocycles. The second-order valence-corrected chi connectivity index (χ2v) is 2.97. The first kappa shape index (κ1) is 7.72. The zero-order chi connectivity index (χ0) is 6.78. The molecule has 3 N–H and O–H groups in total. The van der Waals surface area contributed by atoms with Crippen molar-refractivity contribution in [1.29, 1.82) is 0 Å². The minimum absolute atomic E-state index is 0.673. The summed E-state index contributed by atoms with van der Waals surface area (Å²) in [7, 11) is -4.52. The van der Waals surface area contributed by atoms with Crippen LogP contribution in [0, 0.1) is 0 Å². The Bertz CT molecular complexity index is 113. The molecule has 0 bridgehead atoms. The normalized spacial score (nSPS) is 12.9. The first-order valence-electron chi connectivity index (χ1n) is 1.82. The number of hydrogen-bond donors (Lipinski definition) is 3. The third kappa shape index (κ3) is 2.14. The molecule has 0 aromatic heterocycles. The maximum atomic E-state index is 10.0. The van der Waals surface area contributed by atoms with Gasteiger partial charge in [-0.05, 0) is 0 Å². The molecule has 5 heteroatoms. The Morgan fingerprint density at radius 1 is 1.50 bits per heavy atom. The van der Waals surface area contributed by atoms with Crippen molar-refractivity contribution >= 4 is 13.5 Å². The molecular weight excluding hydrogens is 131 g/mol. The summed E-state index contributed by atoms with van der Waals surface area (Å²) in [6.07, 6.45) is 0.673. The molecule has 0 saturated carbocycles. The Balaban J connectivity index is 4.02. The van der Waals surface area contributed by atoms with Crippen LogP contribution >= 0.6 is 7.94 Å². The van der Waals surface area contributed by atoms with E-state index in [1.165, 1.54) is 0 Å². The molecule has 8 heavy (non-hydrogen) atoms. The summed E-state index contributed by atoms with van der Waals surface area (Å²) in [5.41, 5.74) is -1.10. The summed E-state index contributed by atoms with van der Waals surface area (Å²) in [6.45, 7) is 2.93. The summed E-state index contributed by atoms with van der Waals surface area (Å²) in [5.74, 6) is 0. The predicted octanol–water partition coefficient (Wildman–Crippen LogP) is -0.829. The molecule has 0 radical (unpaired) electrons. The number of rotatable bonds is 2. The molecule has 0 unspecified atom stereocenters. The van der Waals surface area contributed by atoms with Crippen LogP contribution in [0.5, 0.6) is 0 Å². The van der Waals surface area contributed by atoms with Gasteiger partial charge in [-0.3, -0.25) is 0 Å². The van der Waals surface area contributed by atoms with Gasteiger partial charge in [0.15, 0.2) is 0 Å². The van der Waals surface area contributed by atoms with E-state index in [9.17, 15) is 4.79 Å². The standard InChI is InChI=1S/C3H7O4P/c1-2-3(4)8(5,6)7/h2,5-8H,1H2. The van der Waals surface area contributed by atoms with Crippen LogP contribution < -0.4 is 0 Å². The van der Waals surface area contributed by atoms with Crippen LogP contribution in [0.15, 0.2) is 12.7 Å². The van der Waals surface area contributed by atoms with Gasteiger partial charge in [0.05, 0.1) is 0 Å². The van der Waals surface area contributed by atoms with Crippen molar-refractivity contribution in [1.82, 2.24) is 0 Å². The van der Waals surface area contributed by atoms with Crippen LogP contribution in [0.3, 0.4) is 0 Å². The van der Waals surface area contributed by atoms with Gasteiger partial charge in [0.1, 0.15) is 0 Å². The fraction of sp³-hybridized carbons (Fsp3) is 0. The molecule has 0 aliphatic rings. The van der Waals surface area contributed by atoms with Crippen molar-refractivity contribution in [2.45, 2.75) is 0 Å².